The van der Waals surface area contributed by atoms with Crippen LogP contribution in [0.2, 0.25) is 0 Å². The molecule has 3 heteroatoms. The summed E-state index contributed by atoms with van der Waals surface area (Å²) in [6, 6.07) is 0. The Labute approximate surface area is 73.1 Å². The lowest BCUT2D eigenvalue weighted by atomic mass is 9.75. The van der Waals surface area contributed by atoms with Gasteiger partial charge in [0.2, 0.25) is 0 Å². The van der Waals surface area contributed by atoms with Gasteiger partial charge in [-0.1, -0.05) is 0 Å². The third-order valence-corrected chi connectivity index (χ3v) is 3.31. The lowest BCUT2D eigenvalue weighted by Crippen LogP contribution is -2.45. The normalized spacial score (nSPS) is 40.5. The van der Waals surface area contributed by atoms with Crippen LogP contribution in [-0.4, -0.2) is 37.0 Å². The molecule has 1 spiro atoms. The number of piperidine rings is 1. The maximum Gasteiger partial charge on any atom is 0.0878 e. The van der Waals surface area contributed by atoms with Crippen molar-refractivity contribution in [3.8, 4) is 0 Å². The quantitative estimate of drug-likeness (QED) is 0.544. The van der Waals surface area contributed by atoms with E-state index in [1.165, 1.54) is 0 Å². The molecule has 2 fully saturated rings. The predicted octanol–water partition coefficient (Wildman–Crippen LogP) is 0.136. The Hall–Kier alpha value is -0.120. The van der Waals surface area contributed by atoms with Crippen molar-refractivity contribution in [2.75, 3.05) is 19.7 Å². The van der Waals surface area contributed by atoms with Crippen LogP contribution < -0.4 is 5.32 Å². The van der Waals surface area contributed by atoms with E-state index in [4.69, 9.17) is 4.74 Å². The minimum absolute atomic E-state index is 0.0306. The average Bonchev–Trinajstić information content (AvgIpc) is 2.37. The molecule has 2 aliphatic heterocycles. The van der Waals surface area contributed by atoms with E-state index in [-0.39, 0.29) is 17.6 Å². The number of hydrogen-bond donors (Lipinski definition) is 2. The molecule has 0 aliphatic carbocycles. The van der Waals surface area contributed by atoms with Crippen LogP contribution in [0.3, 0.4) is 0 Å². The molecule has 0 aromatic heterocycles. The van der Waals surface area contributed by atoms with Crippen LogP contribution in [0.4, 0.5) is 0 Å². The molecule has 2 N–H and O–H groups in total. The standard InChI is InChI=1S/C9H17NO2/c1-7-8(11)9(6-12-7)2-4-10-5-3-9/h7-8,10-11H,2-6H2,1H3/t7-,8?/m0/s1. The zero-order valence-electron chi connectivity index (χ0n) is 7.55. The van der Waals surface area contributed by atoms with Crippen molar-refractivity contribution in [2.24, 2.45) is 5.41 Å². The van der Waals surface area contributed by atoms with Gasteiger partial charge < -0.3 is 15.2 Å². The van der Waals surface area contributed by atoms with Crippen LogP contribution in [0.1, 0.15) is 19.8 Å². The Morgan fingerprint density at radius 2 is 2.08 bits per heavy atom. The molecule has 0 radical (unpaired) electrons. The highest BCUT2D eigenvalue weighted by atomic mass is 16.5. The number of aliphatic hydroxyl groups is 1. The van der Waals surface area contributed by atoms with Gasteiger partial charge in [-0.25, -0.2) is 0 Å². The molecule has 12 heavy (non-hydrogen) atoms. The Balaban J connectivity index is 2.09. The van der Waals surface area contributed by atoms with Gasteiger partial charge in [0.15, 0.2) is 0 Å². The second-order valence-corrected chi connectivity index (χ2v) is 4.07. The van der Waals surface area contributed by atoms with Crippen LogP contribution in [0.15, 0.2) is 0 Å². The van der Waals surface area contributed by atoms with E-state index in [1.807, 2.05) is 6.92 Å². The summed E-state index contributed by atoms with van der Waals surface area (Å²) in [5, 5.41) is 13.2. The largest absolute Gasteiger partial charge is 0.390 e. The van der Waals surface area contributed by atoms with E-state index in [0.717, 1.165) is 32.5 Å². The van der Waals surface area contributed by atoms with Gasteiger partial charge in [-0.05, 0) is 32.9 Å². The van der Waals surface area contributed by atoms with Crippen LogP contribution >= 0.6 is 0 Å². The summed E-state index contributed by atoms with van der Waals surface area (Å²) in [7, 11) is 0. The molecular weight excluding hydrogens is 154 g/mol. The van der Waals surface area contributed by atoms with E-state index in [9.17, 15) is 5.11 Å². The van der Waals surface area contributed by atoms with Crippen LogP contribution in [0.25, 0.3) is 0 Å². The van der Waals surface area contributed by atoms with Gasteiger partial charge in [-0.3, -0.25) is 0 Å². The second kappa shape index (κ2) is 2.98. The molecule has 0 bridgehead atoms. The molecule has 2 aliphatic rings. The molecule has 0 amide bonds. The zero-order valence-corrected chi connectivity index (χ0v) is 7.55. The maximum atomic E-state index is 9.92. The number of rotatable bonds is 0. The minimum Gasteiger partial charge on any atom is -0.390 e. The second-order valence-electron chi connectivity index (χ2n) is 4.07. The van der Waals surface area contributed by atoms with Crippen molar-refractivity contribution in [1.29, 1.82) is 0 Å². The molecule has 2 saturated heterocycles. The third-order valence-electron chi connectivity index (χ3n) is 3.31. The highest BCUT2D eigenvalue weighted by molar-refractivity contribution is 4.97. The van der Waals surface area contributed by atoms with Crippen molar-refractivity contribution < 1.29 is 9.84 Å². The highest BCUT2D eigenvalue weighted by Crippen LogP contribution is 2.40. The van der Waals surface area contributed by atoms with E-state index < -0.39 is 0 Å². The van der Waals surface area contributed by atoms with Gasteiger partial charge in [0.1, 0.15) is 0 Å². The summed E-state index contributed by atoms with van der Waals surface area (Å²) in [4.78, 5) is 0. The Morgan fingerprint density at radius 3 is 2.58 bits per heavy atom. The summed E-state index contributed by atoms with van der Waals surface area (Å²) in [6.45, 7) is 4.75. The van der Waals surface area contributed by atoms with Gasteiger partial charge in [-0.15, -0.1) is 0 Å². The SMILES string of the molecule is C[C@@H]1OCC2(CCNCC2)C1O. The van der Waals surface area contributed by atoms with E-state index >= 15 is 0 Å². The highest BCUT2D eigenvalue weighted by Gasteiger charge is 2.47. The first kappa shape index (κ1) is 8.48. The summed E-state index contributed by atoms with van der Waals surface area (Å²) in [6.07, 6.45) is 1.89. The molecule has 2 atom stereocenters. The summed E-state index contributed by atoms with van der Waals surface area (Å²) < 4.78 is 5.48. The molecule has 0 saturated carbocycles. The monoisotopic (exact) mass is 171 g/mol. The van der Waals surface area contributed by atoms with Gasteiger partial charge in [-0.2, -0.15) is 0 Å². The van der Waals surface area contributed by atoms with Crippen LogP contribution in [-0.2, 0) is 4.74 Å². The van der Waals surface area contributed by atoms with Crippen LogP contribution in [0, 0.1) is 5.41 Å². The summed E-state index contributed by atoms with van der Waals surface area (Å²) >= 11 is 0. The number of aliphatic hydroxyl groups excluding tert-OH is 1. The molecule has 0 aromatic carbocycles. The van der Waals surface area contributed by atoms with Crippen molar-refractivity contribution >= 4 is 0 Å². The fraction of sp³-hybridized carbons (Fsp3) is 1.00. The lowest BCUT2D eigenvalue weighted by Gasteiger charge is -2.35. The predicted molar refractivity (Wildman–Crippen MR) is 46.0 cm³/mol. The topological polar surface area (TPSA) is 41.5 Å². The molecule has 2 rings (SSSR count). The van der Waals surface area contributed by atoms with Crippen molar-refractivity contribution in [3.63, 3.8) is 0 Å². The molecule has 70 valence electrons. The Kier molecular flexibility index (Phi) is 2.10. The molecule has 2 heterocycles. The van der Waals surface area contributed by atoms with Gasteiger partial charge in [0, 0.05) is 5.41 Å². The van der Waals surface area contributed by atoms with Gasteiger partial charge >= 0.3 is 0 Å². The molecule has 1 unspecified atom stereocenters. The minimum atomic E-state index is -0.250. The molecule has 3 nitrogen and oxygen atoms in total. The van der Waals surface area contributed by atoms with Crippen LogP contribution in [0.5, 0.6) is 0 Å². The lowest BCUT2D eigenvalue weighted by molar-refractivity contribution is 0.0222. The fourth-order valence-electron chi connectivity index (χ4n) is 2.34. The van der Waals surface area contributed by atoms with Crippen molar-refractivity contribution in [3.05, 3.63) is 0 Å². The van der Waals surface area contributed by atoms with Crippen molar-refractivity contribution in [2.45, 2.75) is 32.0 Å². The van der Waals surface area contributed by atoms with Gasteiger partial charge in [0.05, 0.1) is 18.8 Å². The third kappa shape index (κ3) is 1.16. The van der Waals surface area contributed by atoms with E-state index in [2.05, 4.69) is 5.32 Å². The first-order chi connectivity index (χ1) is 5.75. The smallest absolute Gasteiger partial charge is 0.0878 e. The Bertz CT molecular complexity index is 160. The van der Waals surface area contributed by atoms with E-state index in [1.54, 1.807) is 0 Å². The number of ether oxygens (including phenoxy) is 1. The summed E-state index contributed by atoms with van der Waals surface area (Å²) in [5.41, 5.74) is 0.0741. The molecular formula is C9H17NO2. The first-order valence-corrected chi connectivity index (χ1v) is 4.75. The van der Waals surface area contributed by atoms with Gasteiger partial charge in [0.25, 0.3) is 0 Å². The first-order valence-electron chi connectivity index (χ1n) is 4.75. The zero-order chi connectivity index (χ0) is 8.60. The maximum absolute atomic E-state index is 9.92. The number of nitrogens with one attached hydrogen (secondary N) is 1. The average molecular weight is 171 g/mol. The fourth-order valence-corrected chi connectivity index (χ4v) is 2.34. The molecule has 0 aromatic rings. The Morgan fingerprint density at radius 1 is 1.42 bits per heavy atom. The number of hydrogen-bond acceptors (Lipinski definition) is 3. The van der Waals surface area contributed by atoms with Crippen molar-refractivity contribution in [1.82, 2.24) is 5.32 Å². The van der Waals surface area contributed by atoms with E-state index in [0.29, 0.717) is 0 Å². The summed E-state index contributed by atoms with van der Waals surface area (Å²) in [5.74, 6) is 0.